The fourth-order valence-corrected chi connectivity index (χ4v) is 3.14. The van der Waals surface area contributed by atoms with Crippen LogP contribution in [0.25, 0.3) is 0 Å². The first-order valence-corrected chi connectivity index (χ1v) is 8.63. The Labute approximate surface area is 147 Å². The van der Waals surface area contributed by atoms with Crippen LogP contribution >= 0.6 is 0 Å². The van der Waals surface area contributed by atoms with E-state index in [1.165, 1.54) is 4.68 Å². The highest BCUT2D eigenvalue weighted by molar-refractivity contribution is 5.92. The van der Waals surface area contributed by atoms with Crippen molar-refractivity contribution in [2.24, 2.45) is 12.5 Å². The van der Waals surface area contributed by atoms with Gasteiger partial charge >= 0.3 is 0 Å². The number of amides is 1. The normalized spacial score (nSPS) is 17.9. The fourth-order valence-electron chi connectivity index (χ4n) is 3.14. The standard InChI is InChI=1S/C18H25N5O2/c1-18(2,3)16(24)12-22-11-13(19-20-22)17(25)23-10-6-8-15(23)14-7-5-9-21(14)4/h5,7,9,11,15H,6,8,10,12H2,1-4H3/t15-/m1/s1. The minimum atomic E-state index is -0.442. The maximum atomic E-state index is 12.9. The molecule has 0 saturated carbocycles. The van der Waals surface area contributed by atoms with Gasteiger partial charge in [0.2, 0.25) is 0 Å². The minimum absolute atomic E-state index is 0.0549. The largest absolute Gasteiger partial charge is 0.353 e. The second kappa shape index (κ2) is 6.46. The van der Waals surface area contributed by atoms with E-state index in [9.17, 15) is 9.59 Å². The summed E-state index contributed by atoms with van der Waals surface area (Å²) in [6, 6.07) is 4.11. The molecule has 0 radical (unpaired) electrons. The van der Waals surface area contributed by atoms with Crippen molar-refractivity contribution >= 4 is 11.7 Å². The van der Waals surface area contributed by atoms with Gasteiger partial charge < -0.3 is 9.47 Å². The van der Waals surface area contributed by atoms with Crippen LogP contribution in [0.15, 0.2) is 24.5 Å². The van der Waals surface area contributed by atoms with E-state index in [2.05, 4.69) is 20.9 Å². The quantitative estimate of drug-likeness (QED) is 0.853. The highest BCUT2D eigenvalue weighted by Crippen LogP contribution is 2.32. The Morgan fingerprint density at radius 3 is 2.72 bits per heavy atom. The van der Waals surface area contributed by atoms with Gasteiger partial charge in [0.1, 0.15) is 6.54 Å². The third-order valence-electron chi connectivity index (χ3n) is 4.74. The first-order valence-electron chi connectivity index (χ1n) is 8.63. The Kier molecular flexibility index (Phi) is 4.49. The third kappa shape index (κ3) is 3.50. The predicted molar refractivity (Wildman–Crippen MR) is 92.9 cm³/mol. The van der Waals surface area contributed by atoms with Crippen LogP contribution < -0.4 is 0 Å². The second-order valence-electron chi connectivity index (χ2n) is 7.68. The summed E-state index contributed by atoms with van der Waals surface area (Å²) in [4.78, 5) is 26.9. The van der Waals surface area contributed by atoms with Crippen molar-refractivity contribution in [3.8, 4) is 0 Å². The maximum Gasteiger partial charge on any atom is 0.276 e. The molecule has 1 amide bonds. The third-order valence-corrected chi connectivity index (χ3v) is 4.74. The number of carbonyl (C=O) groups is 2. The SMILES string of the molecule is Cn1cccc1[C@H]1CCCN1C(=O)c1cn(CC(=O)C(C)(C)C)nn1. The lowest BCUT2D eigenvalue weighted by Crippen LogP contribution is -2.31. The number of hydrogen-bond donors (Lipinski definition) is 0. The van der Waals surface area contributed by atoms with Crippen LogP contribution in [0.5, 0.6) is 0 Å². The smallest absolute Gasteiger partial charge is 0.276 e. The molecule has 0 bridgehead atoms. The minimum Gasteiger partial charge on any atom is -0.353 e. The summed E-state index contributed by atoms with van der Waals surface area (Å²) in [5.41, 5.74) is 0.979. The molecular formula is C18H25N5O2. The van der Waals surface area contributed by atoms with E-state index in [4.69, 9.17) is 0 Å². The van der Waals surface area contributed by atoms with E-state index in [-0.39, 0.29) is 24.3 Å². The van der Waals surface area contributed by atoms with Crippen LogP contribution in [0, 0.1) is 5.41 Å². The van der Waals surface area contributed by atoms with Crippen LogP contribution in [-0.4, -0.2) is 42.7 Å². The average Bonchev–Trinajstić information content (AvgIpc) is 3.25. The number of aromatic nitrogens is 4. The molecule has 0 spiro atoms. The van der Waals surface area contributed by atoms with Crippen LogP contribution in [-0.2, 0) is 18.4 Å². The summed E-state index contributed by atoms with van der Waals surface area (Å²) in [7, 11) is 1.99. The first kappa shape index (κ1) is 17.4. The van der Waals surface area contributed by atoms with E-state index in [1.54, 1.807) is 6.20 Å². The highest BCUT2D eigenvalue weighted by Gasteiger charge is 2.33. The van der Waals surface area contributed by atoms with E-state index >= 15 is 0 Å². The predicted octanol–water partition coefficient (Wildman–Crippen LogP) is 2.21. The number of aryl methyl sites for hydroxylation is 1. The molecule has 134 valence electrons. The first-order chi connectivity index (χ1) is 11.8. The summed E-state index contributed by atoms with van der Waals surface area (Å²) < 4.78 is 3.50. The van der Waals surface area contributed by atoms with E-state index < -0.39 is 5.41 Å². The van der Waals surface area contributed by atoms with E-state index in [0.29, 0.717) is 12.2 Å². The molecule has 1 aliphatic heterocycles. The van der Waals surface area contributed by atoms with Crippen molar-refractivity contribution in [2.45, 2.75) is 46.2 Å². The van der Waals surface area contributed by atoms with Gasteiger partial charge in [-0.1, -0.05) is 26.0 Å². The summed E-state index contributed by atoms with van der Waals surface area (Å²) in [6.45, 7) is 6.44. The average molecular weight is 343 g/mol. The van der Waals surface area contributed by atoms with E-state index in [1.807, 2.05) is 45.0 Å². The van der Waals surface area contributed by atoms with Crippen LogP contribution in [0.1, 0.15) is 55.8 Å². The monoisotopic (exact) mass is 343 g/mol. The van der Waals surface area contributed by atoms with Crippen LogP contribution in [0.2, 0.25) is 0 Å². The van der Waals surface area contributed by atoms with Crippen molar-refractivity contribution in [3.05, 3.63) is 35.9 Å². The zero-order valence-electron chi connectivity index (χ0n) is 15.3. The van der Waals surface area contributed by atoms with Crippen molar-refractivity contribution in [1.82, 2.24) is 24.5 Å². The Morgan fingerprint density at radius 2 is 2.08 bits per heavy atom. The van der Waals surface area contributed by atoms with Gasteiger partial charge in [-0.3, -0.25) is 9.59 Å². The Hall–Kier alpha value is -2.44. The molecule has 25 heavy (non-hydrogen) atoms. The molecule has 0 aromatic carbocycles. The molecule has 7 nitrogen and oxygen atoms in total. The summed E-state index contributed by atoms with van der Waals surface area (Å²) in [6.07, 6.45) is 5.48. The van der Waals surface area contributed by atoms with Crippen molar-refractivity contribution in [1.29, 1.82) is 0 Å². The second-order valence-corrected chi connectivity index (χ2v) is 7.68. The van der Waals surface area contributed by atoms with Gasteiger partial charge in [-0.25, -0.2) is 4.68 Å². The zero-order valence-corrected chi connectivity index (χ0v) is 15.3. The molecule has 1 fully saturated rings. The van der Waals surface area contributed by atoms with Gasteiger partial charge in [0.05, 0.1) is 12.2 Å². The van der Waals surface area contributed by atoms with Crippen LogP contribution in [0.4, 0.5) is 0 Å². The molecule has 1 saturated heterocycles. The number of rotatable bonds is 4. The van der Waals surface area contributed by atoms with Crippen molar-refractivity contribution < 1.29 is 9.59 Å². The van der Waals surface area contributed by atoms with Crippen molar-refractivity contribution in [3.63, 3.8) is 0 Å². The van der Waals surface area contributed by atoms with Gasteiger partial charge in [0, 0.05) is 30.9 Å². The Balaban J connectivity index is 1.75. The lowest BCUT2D eigenvalue weighted by atomic mass is 9.91. The summed E-state index contributed by atoms with van der Waals surface area (Å²) in [5.74, 6) is -0.0718. The van der Waals surface area contributed by atoms with Gasteiger partial charge in [-0.15, -0.1) is 5.10 Å². The number of carbonyl (C=O) groups excluding carboxylic acids is 2. The zero-order chi connectivity index (χ0) is 18.2. The maximum absolute atomic E-state index is 12.9. The molecule has 3 rings (SSSR count). The molecule has 0 unspecified atom stereocenters. The molecule has 2 aromatic heterocycles. The molecule has 3 heterocycles. The fraction of sp³-hybridized carbons (Fsp3) is 0.556. The highest BCUT2D eigenvalue weighted by atomic mass is 16.2. The topological polar surface area (TPSA) is 73.0 Å². The number of Topliss-reactive ketones (excluding diaryl/α,β-unsaturated/α-hetero) is 1. The lowest BCUT2D eigenvalue weighted by molar-refractivity contribution is -0.127. The summed E-state index contributed by atoms with van der Waals surface area (Å²) >= 11 is 0. The van der Waals surface area contributed by atoms with Gasteiger partial charge in [-0.2, -0.15) is 0 Å². The Bertz CT molecular complexity index is 783. The molecule has 0 aliphatic carbocycles. The van der Waals surface area contributed by atoms with E-state index in [0.717, 1.165) is 18.5 Å². The molecule has 7 heteroatoms. The van der Waals surface area contributed by atoms with Crippen LogP contribution in [0.3, 0.4) is 0 Å². The molecular weight excluding hydrogens is 318 g/mol. The Morgan fingerprint density at radius 1 is 1.32 bits per heavy atom. The van der Waals surface area contributed by atoms with Gasteiger partial charge in [0.25, 0.3) is 5.91 Å². The number of likely N-dealkylation sites (tertiary alicyclic amines) is 1. The number of nitrogens with zero attached hydrogens (tertiary/aromatic N) is 5. The molecule has 1 aliphatic rings. The van der Waals surface area contributed by atoms with Crippen molar-refractivity contribution in [2.75, 3.05) is 6.54 Å². The number of hydrogen-bond acceptors (Lipinski definition) is 4. The van der Waals surface area contributed by atoms with Gasteiger partial charge in [-0.05, 0) is 25.0 Å². The molecule has 0 N–H and O–H groups in total. The molecule has 1 atom stereocenters. The molecule has 2 aromatic rings. The number of ketones is 1. The summed E-state index contributed by atoms with van der Waals surface area (Å²) in [5, 5.41) is 7.96. The lowest BCUT2D eigenvalue weighted by Gasteiger charge is -2.24. The van der Waals surface area contributed by atoms with Gasteiger partial charge in [0.15, 0.2) is 11.5 Å².